The minimum absolute atomic E-state index is 0.0455. The van der Waals surface area contributed by atoms with Gasteiger partial charge in [0.2, 0.25) is 5.79 Å². The quantitative estimate of drug-likeness (QED) is 0.761. The topological polar surface area (TPSA) is 27.7 Å². The SMILES string of the molecule is FC1CCCC1/C=C/C1(COc2cccc(Cl)c2)OCCO1. The van der Waals surface area contributed by atoms with Gasteiger partial charge >= 0.3 is 0 Å². The van der Waals surface area contributed by atoms with E-state index in [0.29, 0.717) is 30.4 Å². The fraction of sp³-hybridized carbons (Fsp3) is 0.529. The number of hydrogen-bond donors (Lipinski definition) is 0. The van der Waals surface area contributed by atoms with Gasteiger partial charge in [0.25, 0.3) is 0 Å². The van der Waals surface area contributed by atoms with E-state index in [9.17, 15) is 4.39 Å². The second kappa shape index (κ2) is 6.99. The van der Waals surface area contributed by atoms with Crippen molar-refractivity contribution >= 4 is 11.6 Å². The summed E-state index contributed by atoms with van der Waals surface area (Å²) in [5.74, 6) is -0.315. The molecule has 0 spiro atoms. The van der Waals surface area contributed by atoms with Crippen LogP contribution in [0.1, 0.15) is 19.3 Å². The van der Waals surface area contributed by atoms with E-state index >= 15 is 0 Å². The molecular formula is C17H20ClFO3. The van der Waals surface area contributed by atoms with Gasteiger partial charge in [0.1, 0.15) is 18.5 Å². The molecule has 1 heterocycles. The maximum Gasteiger partial charge on any atom is 0.223 e. The molecule has 2 unspecified atom stereocenters. The molecule has 2 atom stereocenters. The van der Waals surface area contributed by atoms with E-state index < -0.39 is 12.0 Å². The Morgan fingerprint density at radius 1 is 1.32 bits per heavy atom. The van der Waals surface area contributed by atoms with Crippen molar-refractivity contribution in [1.82, 2.24) is 0 Å². The largest absolute Gasteiger partial charge is 0.488 e. The number of benzene rings is 1. The van der Waals surface area contributed by atoms with Crippen LogP contribution in [0.25, 0.3) is 0 Å². The summed E-state index contributed by atoms with van der Waals surface area (Å²) in [5.41, 5.74) is 0. The normalized spacial score (nSPS) is 27.5. The van der Waals surface area contributed by atoms with Crippen LogP contribution in [-0.4, -0.2) is 31.8 Å². The zero-order chi connectivity index (χ0) is 15.4. The monoisotopic (exact) mass is 326 g/mol. The van der Waals surface area contributed by atoms with Gasteiger partial charge in [0.05, 0.1) is 13.2 Å². The van der Waals surface area contributed by atoms with Crippen molar-refractivity contribution in [2.45, 2.75) is 31.2 Å². The fourth-order valence-electron chi connectivity index (χ4n) is 2.87. The molecule has 1 aromatic carbocycles. The summed E-state index contributed by atoms with van der Waals surface area (Å²) in [5, 5.41) is 0.613. The summed E-state index contributed by atoms with van der Waals surface area (Å²) >= 11 is 5.94. The van der Waals surface area contributed by atoms with Crippen molar-refractivity contribution in [2.24, 2.45) is 5.92 Å². The number of ether oxygens (including phenoxy) is 3. The molecule has 5 heteroatoms. The highest BCUT2D eigenvalue weighted by atomic mass is 35.5. The zero-order valence-corrected chi connectivity index (χ0v) is 13.1. The predicted molar refractivity (Wildman–Crippen MR) is 83.0 cm³/mol. The second-order valence-corrected chi connectivity index (χ2v) is 6.16. The van der Waals surface area contributed by atoms with E-state index in [4.69, 9.17) is 25.8 Å². The molecule has 1 aliphatic carbocycles. The highest BCUT2D eigenvalue weighted by Gasteiger charge is 2.36. The summed E-state index contributed by atoms with van der Waals surface area (Å²) in [6, 6.07) is 7.17. The Morgan fingerprint density at radius 3 is 2.82 bits per heavy atom. The van der Waals surface area contributed by atoms with E-state index in [2.05, 4.69) is 0 Å². The Morgan fingerprint density at radius 2 is 2.14 bits per heavy atom. The molecule has 1 saturated carbocycles. The van der Waals surface area contributed by atoms with Gasteiger partial charge in [-0.15, -0.1) is 0 Å². The first-order chi connectivity index (χ1) is 10.7. The van der Waals surface area contributed by atoms with Crippen LogP contribution in [0.3, 0.4) is 0 Å². The van der Waals surface area contributed by atoms with Crippen LogP contribution in [0.5, 0.6) is 5.75 Å². The van der Waals surface area contributed by atoms with Crippen molar-refractivity contribution in [3.63, 3.8) is 0 Å². The van der Waals surface area contributed by atoms with Crippen LogP contribution in [0.2, 0.25) is 5.02 Å². The number of hydrogen-bond acceptors (Lipinski definition) is 3. The molecule has 22 heavy (non-hydrogen) atoms. The van der Waals surface area contributed by atoms with E-state index in [1.54, 1.807) is 12.1 Å². The number of allylic oxidation sites excluding steroid dienone is 1. The molecule has 0 aromatic heterocycles. The third-order valence-corrected chi connectivity index (χ3v) is 4.33. The first-order valence-corrected chi connectivity index (χ1v) is 8.04. The Balaban J connectivity index is 1.65. The molecule has 0 bridgehead atoms. The Kier molecular flexibility index (Phi) is 5.01. The lowest BCUT2D eigenvalue weighted by Gasteiger charge is -2.24. The lowest BCUT2D eigenvalue weighted by molar-refractivity contribution is -0.139. The summed E-state index contributed by atoms with van der Waals surface area (Å²) in [4.78, 5) is 0. The zero-order valence-electron chi connectivity index (χ0n) is 12.3. The average Bonchev–Trinajstić information content (AvgIpc) is 3.13. The molecule has 2 fully saturated rings. The minimum atomic E-state index is -0.926. The minimum Gasteiger partial charge on any atom is -0.488 e. The highest BCUT2D eigenvalue weighted by molar-refractivity contribution is 6.30. The molecule has 1 saturated heterocycles. The van der Waals surface area contributed by atoms with E-state index in [1.165, 1.54) is 0 Å². The maximum absolute atomic E-state index is 13.7. The van der Waals surface area contributed by atoms with Crippen molar-refractivity contribution in [3.05, 3.63) is 41.4 Å². The van der Waals surface area contributed by atoms with Crippen LogP contribution < -0.4 is 4.74 Å². The van der Waals surface area contributed by atoms with Crippen LogP contribution in [0.4, 0.5) is 4.39 Å². The molecule has 3 nitrogen and oxygen atoms in total. The van der Waals surface area contributed by atoms with Crippen LogP contribution in [0, 0.1) is 5.92 Å². The maximum atomic E-state index is 13.7. The van der Waals surface area contributed by atoms with E-state index in [0.717, 1.165) is 12.8 Å². The Hall–Kier alpha value is -1.10. The van der Waals surface area contributed by atoms with Gasteiger partial charge in [-0.25, -0.2) is 4.39 Å². The van der Waals surface area contributed by atoms with Gasteiger partial charge in [0.15, 0.2) is 0 Å². The molecular weight excluding hydrogens is 307 g/mol. The van der Waals surface area contributed by atoms with Crippen LogP contribution >= 0.6 is 11.6 Å². The molecule has 1 aromatic rings. The fourth-order valence-corrected chi connectivity index (χ4v) is 3.05. The second-order valence-electron chi connectivity index (χ2n) is 5.72. The highest BCUT2D eigenvalue weighted by Crippen LogP contribution is 2.31. The molecule has 1 aliphatic heterocycles. The average molecular weight is 327 g/mol. The Labute approximate surface area is 135 Å². The van der Waals surface area contributed by atoms with Crippen LogP contribution in [0.15, 0.2) is 36.4 Å². The first-order valence-electron chi connectivity index (χ1n) is 7.67. The van der Waals surface area contributed by atoms with E-state index in [1.807, 2.05) is 24.3 Å². The number of halogens is 2. The molecule has 0 amide bonds. The predicted octanol–water partition coefficient (Wildman–Crippen LogP) is 4.16. The van der Waals surface area contributed by atoms with Gasteiger partial charge in [-0.2, -0.15) is 0 Å². The van der Waals surface area contributed by atoms with Gasteiger partial charge < -0.3 is 14.2 Å². The first kappa shape index (κ1) is 15.8. The van der Waals surface area contributed by atoms with Crippen molar-refractivity contribution in [1.29, 1.82) is 0 Å². The lowest BCUT2D eigenvalue weighted by Crippen LogP contribution is -2.35. The van der Waals surface area contributed by atoms with Crippen molar-refractivity contribution in [3.8, 4) is 5.75 Å². The van der Waals surface area contributed by atoms with Gasteiger partial charge in [-0.05, 0) is 43.5 Å². The van der Waals surface area contributed by atoms with Crippen molar-refractivity contribution < 1.29 is 18.6 Å². The van der Waals surface area contributed by atoms with E-state index in [-0.39, 0.29) is 12.5 Å². The summed E-state index contributed by atoms with van der Waals surface area (Å²) in [7, 11) is 0. The summed E-state index contributed by atoms with van der Waals surface area (Å²) in [6.07, 6.45) is 5.39. The number of rotatable bonds is 5. The van der Waals surface area contributed by atoms with Crippen molar-refractivity contribution in [2.75, 3.05) is 19.8 Å². The molecule has 120 valence electrons. The summed E-state index contributed by atoms with van der Waals surface area (Å²) in [6.45, 7) is 1.23. The third-order valence-electron chi connectivity index (χ3n) is 4.09. The van der Waals surface area contributed by atoms with Crippen LogP contribution in [-0.2, 0) is 9.47 Å². The molecule has 3 rings (SSSR count). The smallest absolute Gasteiger partial charge is 0.223 e. The molecule has 0 N–H and O–H groups in total. The lowest BCUT2D eigenvalue weighted by atomic mass is 10.0. The van der Waals surface area contributed by atoms with Gasteiger partial charge in [0, 0.05) is 10.9 Å². The number of alkyl halides is 1. The summed E-state index contributed by atoms with van der Waals surface area (Å²) < 4.78 is 30.8. The Bertz CT molecular complexity index is 528. The van der Waals surface area contributed by atoms with Gasteiger partial charge in [-0.1, -0.05) is 23.7 Å². The van der Waals surface area contributed by atoms with Gasteiger partial charge in [-0.3, -0.25) is 0 Å². The third kappa shape index (κ3) is 3.80. The molecule has 0 radical (unpaired) electrons. The standard InChI is InChI=1S/C17H20ClFO3/c18-14-4-2-5-15(11-14)20-12-17(21-9-10-22-17)8-7-13-3-1-6-16(13)19/h2,4-5,7-8,11,13,16H,1,3,6,9-10,12H2/b8-7+. The molecule has 2 aliphatic rings.